The molecule has 11 heteroatoms. The van der Waals surface area contributed by atoms with Crippen LogP contribution in [-0.4, -0.2) is 84.1 Å². The molecule has 210 valence electrons. The van der Waals surface area contributed by atoms with Crippen molar-refractivity contribution in [3.63, 3.8) is 0 Å². The number of aryl methyl sites for hydroxylation is 1. The van der Waals surface area contributed by atoms with Crippen LogP contribution in [0.3, 0.4) is 0 Å². The molecule has 1 saturated heterocycles. The number of rotatable bonds is 9. The maximum absolute atomic E-state index is 15.6. The maximum atomic E-state index is 15.6. The number of nitrogens with one attached hydrogen (secondary N) is 1. The van der Waals surface area contributed by atoms with Crippen LogP contribution in [0.15, 0.2) is 43.2 Å². The number of amides is 1. The first-order valence-corrected chi connectivity index (χ1v) is 13.1. The first kappa shape index (κ1) is 27.3. The highest BCUT2D eigenvalue weighted by Gasteiger charge is 2.25. The Morgan fingerprint density at radius 2 is 1.80 bits per heavy atom. The van der Waals surface area contributed by atoms with Crippen molar-refractivity contribution >= 4 is 28.3 Å². The van der Waals surface area contributed by atoms with E-state index >= 15 is 8.78 Å². The Kier molecular flexibility index (Phi) is 7.83. The lowest BCUT2D eigenvalue weighted by Crippen LogP contribution is -2.48. The molecule has 0 saturated carbocycles. The van der Waals surface area contributed by atoms with E-state index in [1.54, 1.807) is 24.2 Å². The molecule has 0 unspecified atom stereocenters. The van der Waals surface area contributed by atoms with E-state index in [1.807, 2.05) is 16.7 Å². The van der Waals surface area contributed by atoms with Gasteiger partial charge in [-0.25, -0.2) is 18.7 Å². The van der Waals surface area contributed by atoms with Gasteiger partial charge in [-0.3, -0.25) is 14.1 Å². The Morgan fingerprint density at radius 1 is 1.10 bits per heavy atom. The molecule has 9 nitrogen and oxygen atoms in total. The van der Waals surface area contributed by atoms with Crippen molar-refractivity contribution in [1.29, 1.82) is 0 Å². The molecule has 4 heterocycles. The summed E-state index contributed by atoms with van der Waals surface area (Å²) in [6.07, 6.45) is 6.44. The van der Waals surface area contributed by atoms with Crippen LogP contribution >= 0.6 is 0 Å². The SMILES string of the molecule is C=CC(=O)N1CCN(CCCc2cn3c(n2)c(-c2c(F)c(OC)cc(OC)c2F)cc2cnc(NC)cc23)CC1. The summed E-state index contributed by atoms with van der Waals surface area (Å²) in [5.74, 6) is -1.30. The van der Waals surface area contributed by atoms with Gasteiger partial charge in [0.15, 0.2) is 23.1 Å². The molecule has 5 rings (SSSR count). The predicted molar refractivity (Wildman–Crippen MR) is 150 cm³/mol. The van der Waals surface area contributed by atoms with Gasteiger partial charge in [0, 0.05) is 68.7 Å². The van der Waals surface area contributed by atoms with E-state index in [9.17, 15) is 4.79 Å². The van der Waals surface area contributed by atoms with Crippen LogP contribution in [0.2, 0.25) is 0 Å². The summed E-state index contributed by atoms with van der Waals surface area (Å²) >= 11 is 0. The number of imidazole rings is 1. The minimum absolute atomic E-state index is 0.0365. The van der Waals surface area contributed by atoms with E-state index in [1.165, 1.54) is 26.4 Å². The molecule has 0 atom stereocenters. The molecule has 4 aromatic rings. The topological polar surface area (TPSA) is 84.2 Å². The van der Waals surface area contributed by atoms with Crippen molar-refractivity contribution in [3.05, 3.63) is 60.6 Å². The van der Waals surface area contributed by atoms with Gasteiger partial charge in [0.25, 0.3) is 0 Å². The summed E-state index contributed by atoms with van der Waals surface area (Å²) in [5, 5.41) is 3.73. The third-order valence-electron chi connectivity index (χ3n) is 7.33. The first-order chi connectivity index (χ1) is 19.4. The largest absolute Gasteiger partial charge is 0.494 e. The molecule has 0 radical (unpaired) electrons. The highest BCUT2D eigenvalue weighted by atomic mass is 19.1. The Labute approximate surface area is 231 Å². The number of ether oxygens (including phenoxy) is 2. The summed E-state index contributed by atoms with van der Waals surface area (Å²) in [6, 6.07) is 4.76. The molecule has 1 fully saturated rings. The lowest BCUT2D eigenvalue weighted by molar-refractivity contribution is -0.127. The van der Waals surface area contributed by atoms with Gasteiger partial charge in [-0.15, -0.1) is 0 Å². The molecule has 0 spiro atoms. The number of methoxy groups -OCH3 is 2. The standard InChI is InChI=1S/C29H32F2N6O3/c1-5-25(38)36-11-9-35(10-12-36)8-6-7-19-17-37-21-14-24(32-2)33-16-18(21)13-20(29(37)34-19)26-27(30)22(39-3)15-23(40-4)28(26)31/h5,13-17H,1,6-12H2,2-4H3,(H,32,33). The average molecular weight is 551 g/mol. The number of aromatic nitrogens is 3. The number of nitrogens with zero attached hydrogens (tertiary/aromatic N) is 5. The Morgan fingerprint density at radius 3 is 2.42 bits per heavy atom. The van der Waals surface area contributed by atoms with Gasteiger partial charge in [-0.2, -0.15) is 0 Å². The van der Waals surface area contributed by atoms with Gasteiger partial charge in [-0.05, 0) is 31.5 Å². The number of carbonyl (C=O) groups is 1. The molecule has 1 N–H and O–H groups in total. The van der Waals surface area contributed by atoms with E-state index in [-0.39, 0.29) is 28.5 Å². The first-order valence-electron chi connectivity index (χ1n) is 13.1. The molecule has 1 aliphatic rings. The zero-order valence-electron chi connectivity index (χ0n) is 22.8. The number of hydrogen-bond acceptors (Lipinski definition) is 7. The van der Waals surface area contributed by atoms with Crippen molar-refractivity contribution < 1.29 is 23.0 Å². The van der Waals surface area contributed by atoms with E-state index in [4.69, 9.17) is 14.5 Å². The van der Waals surface area contributed by atoms with Gasteiger partial charge in [0.05, 0.1) is 31.0 Å². The predicted octanol–water partition coefficient (Wildman–Crippen LogP) is 4.15. The maximum Gasteiger partial charge on any atom is 0.246 e. The number of fused-ring (bicyclic) bond motifs is 3. The van der Waals surface area contributed by atoms with Gasteiger partial charge < -0.3 is 19.7 Å². The molecular formula is C29H32F2N6O3. The third-order valence-corrected chi connectivity index (χ3v) is 7.33. The van der Waals surface area contributed by atoms with Crippen LogP contribution in [0.25, 0.3) is 27.7 Å². The monoisotopic (exact) mass is 550 g/mol. The fraction of sp³-hybridized carbons (Fsp3) is 0.345. The minimum atomic E-state index is -0.833. The highest BCUT2D eigenvalue weighted by molar-refractivity contribution is 5.93. The lowest BCUT2D eigenvalue weighted by atomic mass is 10.0. The molecule has 1 amide bonds. The fourth-order valence-corrected chi connectivity index (χ4v) is 5.17. The van der Waals surface area contributed by atoms with Crippen LogP contribution < -0.4 is 14.8 Å². The van der Waals surface area contributed by atoms with Crippen LogP contribution in [-0.2, 0) is 11.2 Å². The third kappa shape index (κ3) is 5.04. The van der Waals surface area contributed by atoms with Crippen LogP contribution in [0.4, 0.5) is 14.6 Å². The highest BCUT2D eigenvalue weighted by Crippen LogP contribution is 2.40. The summed E-state index contributed by atoms with van der Waals surface area (Å²) in [4.78, 5) is 25.2. The van der Waals surface area contributed by atoms with Crippen LogP contribution in [0, 0.1) is 11.6 Å². The fourth-order valence-electron chi connectivity index (χ4n) is 5.17. The normalized spacial score (nSPS) is 14.1. The van der Waals surface area contributed by atoms with E-state index in [0.29, 0.717) is 36.4 Å². The Bertz CT molecular complexity index is 1550. The van der Waals surface area contributed by atoms with Crippen molar-refractivity contribution in [2.45, 2.75) is 12.8 Å². The molecule has 3 aromatic heterocycles. The molecule has 1 aliphatic heterocycles. The van der Waals surface area contributed by atoms with Gasteiger partial charge >= 0.3 is 0 Å². The van der Waals surface area contributed by atoms with Gasteiger partial charge in [0.1, 0.15) is 11.5 Å². The van der Waals surface area contributed by atoms with Crippen molar-refractivity contribution in [2.24, 2.45) is 0 Å². The number of benzene rings is 1. The molecule has 0 bridgehead atoms. The van der Waals surface area contributed by atoms with E-state index in [2.05, 4.69) is 21.8 Å². The quantitative estimate of drug-likeness (QED) is 0.314. The number of hydrogen-bond donors (Lipinski definition) is 1. The number of halogens is 2. The average Bonchev–Trinajstić information content (AvgIpc) is 3.41. The zero-order valence-corrected chi connectivity index (χ0v) is 22.8. The molecule has 1 aromatic carbocycles. The summed E-state index contributed by atoms with van der Waals surface area (Å²) in [7, 11) is 4.42. The van der Waals surface area contributed by atoms with E-state index < -0.39 is 11.6 Å². The summed E-state index contributed by atoms with van der Waals surface area (Å²) in [6.45, 7) is 7.37. The summed E-state index contributed by atoms with van der Waals surface area (Å²) in [5.41, 5.74) is 2.02. The van der Waals surface area contributed by atoms with Crippen molar-refractivity contribution in [1.82, 2.24) is 24.2 Å². The number of piperazine rings is 1. The second-order valence-electron chi connectivity index (χ2n) is 9.62. The van der Waals surface area contributed by atoms with Crippen LogP contribution in [0.1, 0.15) is 12.1 Å². The van der Waals surface area contributed by atoms with Gasteiger partial charge in [0.2, 0.25) is 5.91 Å². The van der Waals surface area contributed by atoms with Crippen molar-refractivity contribution in [3.8, 4) is 22.6 Å². The number of pyridine rings is 2. The number of carbonyl (C=O) groups excluding carboxylic acids is 1. The van der Waals surface area contributed by atoms with Crippen LogP contribution in [0.5, 0.6) is 11.5 Å². The molecular weight excluding hydrogens is 518 g/mol. The summed E-state index contributed by atoms with van der Waals surface area (Å²) < 4.78 is 43.4. The van der Waals surface area contributed by atoms with Gasteiger partial charge in [-0.1, -0.05) is 6.58 Å². The smallest absolute Gasteiger partial charge is 0.246 e. The number of anilines is 1. The lowest BCUT2D eigenvalue weighted by Gasteiger charge is -2.34. The second kappa shape index (κ2) is 11.5. The second-order valence-corrected chi connectivity index (χ2v) is 9.62. The van der Waals surface area contributed by atoms with Crippen molar-refractivity contribution in [2.75, 3.05) is 59.3 Å². The Hall–Kier alpha value is -4.25. The minimum Gasteiger partial charge on any atom is -0.494 e. The molecule has 0 aliphatic carbocycles. The molecule has 40 heavy (non-hydrogen) atoms. The van der Waals surface area contributed by atoms with E-state index in [0.717, 1.165) is 37.3 Å². The zero-order chi connectivity index (χ0) is 28.4. The Balaban J connectivity index is 1.50.